The standard InChI is InChI=1S/C41H65N4O11P/c1-14-31(22-36(46)51-26-52-37(47)25-44(13)39(49)53-27-54-57(50,55-40(7,8)9)56-41(10,11)12)32-17-20-35(45(23-28(2)3)24-29(4)5)34(21-32)43-38(48)42-33-18-15-30(6)16-19-33/h15-21,28-29,31H,14,22-27H2,1-13H3,(H2,42,43,48). The molecule has 0 radical (unpaired) electrons. The second kappa shape index (κ2) is 22.1. The average molecular weight is 821 g/mol. The minimum Gasteiger partial charge on any atom is -0.428 e. The van der Waals surface area contributed by atoms with Gasteiger partial charge in [-0.1, -0.05) is 58.4 Å². The summed E-state index contributed by atoms with van der Waals surface area (Å²) in [5.74, 6) is -0.999. The van der Waals surface area contributed by atoms with Gasteiger partial charge in [-0.25, -0.2) is 18.7 Å². The monoisotopic (exact) mass is 820 g/mol. The maximum Gasteiger partial charge on any atom is 0.478 e. The minimum absolute atomic E-state index is 0.0158. The normalized spacial score (nSPS) is 12.5. The fourth-order valence-electron chi connectivity index (χ4n) is 5.47. The summed E-state index contributed by atoms with van der Waals surface area (Å²) in [6.07, 6.45) is -0.406. The van der Waals surface area contributed by atoms with Gasteiger partial charge in [0.2, 0.25) is 13.6 Å². The Morgan fingerprint density at radius 3 is 1.86 bits per heavy atom. The van der Waals surface area contributed by atoms with Crippen molar-refractivity contribution in [2.24, 2.45) is 11.8 Å². The predicted molar refractivity (Wildman–Crippen MR) is 221 cm³/mol. The number of phosphoric ester groups is 1. The van der Waals surface area contributed by atoms with Crippen molar-refractivity contribution in [3.8, 4) is 0 Å². The first-order valence-electron chi connectivity index (χ1n) is 19.3. The van der Waals surface area contributed by atoms with Crippen LogP contribution >= 0.6 is 7.82 Å². The zero-order valence-electron chi connectivity index (χ0n) is 36.1. The Kier molecular flexibility index (Phi) is 19.0. The number of esters is 2. The first-order chi connectivity index (χ1) is 26.4. The van der Waals surface area contributed by atoms with E-state index in [9.17, 15) is 23.7 Å². The molecule has 2 aromatic rings. The predicted octanol–water partition coefficient (Wildman–Crippen LogP) is 9.47. The molecule has 1 atom stereocenters. The number of rotatable bonds is 20. The fourth-order valence-corrected chi connectivity index (χ4v) is 7.14. The summed E-state index contributed by atoms with van der Waals surface area (Å²) < 4.78 is 44.5. The van der Waals surface area contributed by atoms with E-state index in [1.165, 1.54) is 7.05 Å². The lowest BCUT2D eigenvalue weighted by molar-refractivity contribution is -0.167. The smallest absolute Gasteiger partial charge is 0.428 e. The number of ether oxygens (including phenoxy) is 3. The van der Waals surface area contributed by atoms with Crippen LogP contribution in [0.2, 0.25) is 0 Å². The van der Waals surface area contributed by atoms with Gasteiger partial charge in [0.15, 0.2) is 0 Å². The number of carbonyl (C=O) groups excluding carboxylic acids is 4. The summed E-state index contributed by atoms with van der Waals surface area (Å²) in [5, 5.41) is 5.94. The second-order valence-corrected chi connectivity index (χ2v) is 18.3. The van der Waals surface area contributed by atoms with Crippen molar-refractivity contribution in [3.05, 3.63) is 53.6 Å². The van der Waals surface area contributed by atoms with E-state index in [1.54, 1.807) is 41.5 Å². The number of anilines is 3. The lowest BCUT2D eigenvalue weighted by atomic mass is 9.92. The van der Waals surface area contributed by atoms with Crippen LogP contribution in [0.25, 0.3) is 0 Å². The van der Waals surface area contributed by atoms with Gasteiger partial charge in [0.05, 0.1) is 29.0 Å². The van der Waals surface area contributed by atoms with Crippen LogP contribution in [-0.2, 0) is 41.9 Å². The number of hydrogen-bond acceptors (Lipinski definition) is 12. The first kappa shape index (κ1) is 49.0. The Bertz CT molecular complexity index is 1640. The first-order valence-corrected chi connectivity index (χ1v) is 20.7. The van der Waals surface area contributed by atoms with Crippen molar-refractivity contribution in [3.63, 3.8) is 0 Å². The number of nitrogens with zero attached hydrogens (tertiary/aromatic N) is 2. The Balaban J connectivity index is 2.04. The van der Waals surface area contributed by atoms with Gasteiger partial charge in [0.1, 0.15) is 6.54 Å². The number of aryl methyl sites for hydroxylation is 1. The number of hydrogen-bond donors (Lipinski definition) is 2. The number of phosphoric acid groups is 1. The molecule has 0 bridgehead atoms. The Morgan fingerprint density at radius 1 is 0.772 bits per heavy atom. The Labute approximate surface area is 339 Å². The fraction of sp³-hybridized carbons (Fsp3) is 0.610. The summed E-state index contributed by atoms with van der Waals surface area (Å²) in [5.41, 5.74) is 2.27. The van der Waals surface area contributed by atoms with E-state index in [2.05, 4.69) is 43.2 Å². The van der Waals surface area contributed by atoms with Crippen LogP contribution < -0.4 is 15.5 Å². The molecule has 0 saturated carbocycles. The lowest BCUT2D eigenvalue weighted by Gasteiger charge is -2.31. The highest BCUT2D eigenvalue weighted by molar-refractivity contribution is 7.48. The molecule has 16 heteroatoms. The molecule has 320 valence electrons. The SMILES string of the molecule is CCC(CC(=O)OCOC(=O)CN(C)C(=O)OCOP(=O)(OC(C)(C)C)OC(C)(C)C)c1ccc(N(CC(C)C)CC(C)C)c(NC(=O)Nc2ccc(C)cc2)c1. The van der Waals surface area contributed by atoms with Gasteiger partial charge >= 0.3 is 31.9 Å². The molecule has 57 heavy (non-hydrogen) atoms. The van der Waals surface area contributed by atoms with Crippen LogP contribution in [0.15, 0.2) is 42.5 Å². The molecule has 0 heterocycles. The molecule has 0 aliphatic rings. The lowest BCUT2D eigenvalue weighted by Crippen LogP contribution is -2.34. The third-order valence-corrected chi connectivity index (χ3v) is 9.71. The average Bonchev–Trinajstić information content (AvgIpc) is 3.05. The topological polar surface area (TPSA) is 171 Å². The van der Waals surface area contributed by atoms with Crippen LogP contribution in [0.4, 0.5) is 26.7 Å². The molecule has 15 nitrogen and oxygen atoms in total. The van der Waals surface area contributed by atoms with E-state index < -0.39 is 63.2 Å². The number of benzene rings is 2. The number of carbonyl (C=O) groups is 4. The van der Waals surface area contributed by atoms with E-state index in [1.807, 2.05) is 56.3 Å². The maximum absolute atomic E-state index is 13.2. The third kappa shape index (κ3) is 19.2. The van der Waals surface area contributed by atoms with E-state index in [0.717, 1.165) is 34.8 Å². The van der Waals surface area contributed by atoms with E-state index in [0.29, 0.717) is 29.6 Å². The van der Waals surface area contributed by atoms with Crippen molar-refractivity contribution >= 4 is 48.9 Å². The summed E-state index contributed by atoms with van der Waals surface area (Å²) in [6.45, 7) is 22.1. The molecule has 0 aliphatic carbocycles. The molecule has 3 amide bonds. The Hall–Kier alpha value is -4.17. The highest BCUT2D eigenvalue weighted by atomic mass is 31.2. The molecule has 0 aliphatic heterocycles. The molecular formula is C41H65N4O11P. The number of amides is 3. The van der Waals surface area contributed by atoms with Crippen molar-refractivity contribution in [1.29, 1.82) is 0 Å². The van der Waals surface area contributed by atoms with Gasteiger partial charge in [0, 0.05) is 25.8 Å². The molecule has 0 fully saturated rings. The van der Waals surface area contributed by atoms with Crippen molar-refractivity contribution in [1.82, 2.24) is 4.90 Å². The molecule has 2 rings (SSSR count). The van der Waals surface area contributed by atoms with Crippen molar-refractivity contribution < 1.29 is 51.5 Å². The minimum atomic E-state index is -4.13. The maximum atomic E-state index is 13.2. The van der Waals surface area contributed by atoms with Gasteiger partial charge < -0.3 is 34.6 Å². The number of urea groups is 1. The molecule has 1 unspecified atom stereocenters. The summed E-state index contributed by atoms with van der Waals surface area (Å²) in [6, 6.07) is 13.0. The van der Waals surface area contributed by atoms with Gasteiger partial charge in [0.25, 0.3) is 0 Å². The summed E-state index contributed by atoms with van der Waals surface area (Å²) in [7, 11) is -2.85. The van der Waals surface area contributed by atoms with Gasteiger partial charge in [-0.3, -0.25) is 18.6 Å². The van der Waals surface area contributed by atoms with E-state index in [4.69, 9.17) is 27.8 Å². The molecular weight excluding hydrogens is 755 g/mol. The van der Waals surface area contributed by atoms with E-state index >= 15 is 0 Å². The third-order valence-electron chi connectivity index (χ3n) is 7.75. The van der Waals surface area contributed by atoms with Gasteiger partial charge in [-0.2, -0.15) is 0 Å². The molecule has 0 saturated heterocycles. The van der Waals surface area contributed by atoms with Crippen LogP contribution in [0.5, 0.6) is 0 Å². The van der Waals surface area contributed by atoms with E-state index in [-0.39, 0.29) is 12.3 Å². The highest BCUT2D eigenvalue weighted by Gasteiger charge is 2.37. The zero-order chi connectivity index (χ0) is 43.1. The second-order valence-electron chi connectivity index (χ2n) is 16.7. The molecule has 0 aromatic heterocycles. The summed E-state index contributed by atoms with van der Waals surface area (Å²) >= 11 is 0. The molecule has 2 aromatic carbocycles. The van der Waals surface area contributed by atoms with Crippen LogP contribution in [0.1, 0.15) is 106 Å². The highest BCUT2D eigenvalue weighted by Crippen LogP contribution is 2.55. The zero-order valence-corrected chi connectivity index (χ0v) is 37.0. The van der Waals surface area contributed by atoms with Crippen LogP contribution in [0, 0.1) is 18.8 Å². The largest absolute Gasteiger partial charge is 0.478 e. The number of likely N-dealkylation sites (N-methyl/N-ethyl adjacent to an activating group) is 1. The summed E-state index contributed by atoms with van der Waals surface area (Å²) in [4.78, 5) is 54.3. The van der Waals surface area contributed by atoms with Crippen molar-refractivity contribution in [2.75, 3.05) is 55.8 Å². The van der Waals surface area contributed by atoms with Gasteiger partial charge in [-0.15, -0.1) is 0 Å². The molecule has 0 spiro atoms. The Morgan fingerprint density at radius 2 is 1.33 bits per heavy atom. The number of nitrogens with one attached hydrogen (secondary N) is 2. The molecule has 2 N–H and O–H groups in total. The van der Waals surface area contributed by atoms with Crippen molar-refractivity contribution in [2.45, 2.75) is 113 Å². The van der Waals surface area contributed by atoms with Crippen LogP contribution in [0.3, 0.4) is 0 Å². The quantitative estimate of drug-likeness (QED) is 0.0738. The van der Waals surface area contributed by atoms with Gasteiger partial charge in [-0.05, 0) is 102 Å². The van der Waals surface area contributed by atoms with Crippen LogP contribution in [-0.4, -0.2) is 80.4 Å².